The van der Waals surface area contributed by atoms with Crippen LogP contribution in [0.3, 0.4) is 0 Å². The molecule has 2 aromatic carbocycles. The highest BCUT2D eigenvalue weighted by atomic mass is 16.5. The topological polar surface area (TPSA) is 106 Å². The molecule has 1 atom stereocenters. The lowest BCUT2D eigenvalue weighted by molar-refractivity contribution is -0.140. The van der Waals surface area contributed by atoms with Gasteiger partial charge in [0.1, 0.15) is 11.5 Å². The predicted octanol–water partition coefficient (Wildman–Crippen LogP) is 5.37. The van der Waals surface area contributed by atoms with Crippen molar-refractivity contribution in [3.8, 4) is 5.75 Å². The Bertz CT molecular complexity index is 1400. The number of Topliss-reactive ketones (excluding diaryl/α,β-unsaturated/α-hetero) is 1. The Morgan fingerprint density at radius 3 is 2.41 bits per heavy atom. The van der Waals surface area contributed by atoms with E-state index in [1.165, 1.54) is 4.90 Å². The maximum Gasteiger partial charge on any atom is 0.338 e. The van der Waals surface area contributed by atoms with Crippen molar-refractivity contribution in [2.24, 2.45) is 0 Å². The molecule has 0 radical (unpaired) electrons. The zero-order valence-electron chi connectivity index (χ0n) is 22.5. The molecule has 1 aromatic heterocycles. The number of pyridine rings is 1. The van der Waals surface area contributed by atoms with Crippen LogP contribution < -0.4 is 4.74 Å². The van der Waals surface area contributed by atoms with Crippen LogP contribution in [0.4, 0.5) is 0 Å². The first-order valence-corrected chi connectivity index (χ1v) is 12.9. The Labute approximate surface area is 227 Å². The highest BCUT2D eigenvalue weighted by Gasteiger charge is 2.46. The molecule has 39 heavy (non-hydrogen) atoms. The average Bonchev–Trinajstić information content (AvgIpc) is 3.18. The van der Waals surface area contributed by atoms with Crippen LogP contribution in [0.2, 0.25) is 0 Å². The largest absolute Gasteiger partial charge is 0.507 e. The number of esters is 1. The molecule has 0 bridgehead atoms. The molecule has 4 rings (SSSR count). The van der Waals surface area contributed by atoms with Crippen molar-refractivity contribution in [2.45, 2.75) is 52.8 Å². The number of hydrogen-bond donors (Lipinski definition) is 1. The number of hydrogen-bond acceptors (Lipinski definition) is 7. The number of carbonyl (C=O) groups is 3. The summed E-state index contributed by atoms with van der Waals surface area (Å²) in [6, 6.07) is 14.5. The van der Waals surface area contributed by atoms with Gasteiger partial charge in [-0.2, -0.15) is 0 Å². The Morgan fingerprint density at radius 2 is 1.79 bits per heavy atom. The number of aromatic nitrogens is 1. The zero-order valence-corrected chi connectivity index (χ0v) is 22.5. The molecule has 1 unspecified atom stereocenters. The minimum atomic E-state index is -0.847. The fourth-order valence-corrected chi connectivity index (χ4v) is 4.49. The molecule has 8 heteroatoms. The molecule has 0 spiro atoms. The molecule has 3 aromatic rings. The number of amides is 1. The number of ketones is 1. The third-order valence-corrected chi connectivity index (χ3v) is 6.33. The molecule has 202 valence electrons. The van der Waals surface area contributed by atoms with Crippen molar-refractivity contribution in [2.75, 3.05) is 6.61 Å². The van der Waals surface area contributed by atoms with Crippen LogP contribution in [0.5, 0.6) is 5.75 Å². The summed E-state index contributed by atoms with van der Waals surface area (Å²) < 4.78 is 11.0. The van der Waals surface area contributed by atoms with E-state index in [0.29, 0.717) is 34.6 Å². The fraction of sp³-hybridized carbons (Fsp3) is 0.290. The molecule has 1 amide bonds. The first-order valence-electron chi connectivity index (χ1n) is 12.9. The maximum absolute atomic E-state index is 13.3. The Balaban J connectivity index is 1.71. The van der Waals surface area contributed by atoms with Crippen LogP contribution in [0.25, 0.3) is 5.76 Å². The zero-order chi connectivity index (χ0) is 28.1. The minimum absolute atomic E-state index is 0.00954. The van der Waals surface area contributed by atoms with Crippen molar-refractivity contribution in [1.29, 1.82) is 0 Å². The van der Waals surface area contributed by atoms with Crippen molar-refractivity contribution < 1.29 is 29.0 Å². The smallest absolute Gasteiger partial charge is 0.338 e. The van der Waals surface area contributed by atoms with Gasteiger partial charge in [-0.25, -0.2) is 4.79 Å². The third-order valence-electron chi connectivity index (χ3n) is 6.33. The van der Waals surface area contributed by atoms with Crippen molar-refractivity contribution in [3.05, 3.63) is 100 Å². The van der Waals surface area contributed by atoms with Crippen molar-refractivity contribution in [1.82, 2.24) is 9.88 Å². The second-order valence-electron chi connectivity index (χ2n) is 9.69. The molecule has 1 N–H and O–H groups in total. The molecular formula is C31H32N2O6. The fourth-order valence-electron chi connectivity index (χ4n) is 4.49. The van der Waals surface area contributed by atoms with Gasteiger partial charge >= 0.3 is 5.97 Å². The minimum Gasteiger partial charge on any atom is -0.507 e. The summed E-state index contributed by atoms with van der Waals surface area (Å²) in [5.41, 5.74) is 2.89. The molecule has 1 fully saturated rings. The van der Waals surface area contributed by atoms with Crippen molar-refractivity contribution >= 4 is 23.4 Å². The number of nitrogens with zero attached hydrogens (tertiary/aromatic N) is 2. The average molecular weight is 529 g/mol. The first kappa shape index (κ1) is 27.6. The van der Waals surface area contributed by atoms with Gasteiger partial charge in [0.25, 0.3) is 11.7 Å². The molecular weight excluding hydrogens is 496 g/mol. The van der Waals surface area contributed by atoms with Gasteiger partial charge in [-0.05, 0) is 80.3 Å². The van der Waals surface area contributed by atoms with Crippen LogP contribution in [0.15, 0.2) is 72.6 Å². The van der Waals surface area contributed by atoms with Crippen LogP contribution in [0, 0.1) is 6.92 Å². The van der Waals surface area contributed by atoms with E-state index in [0.717, 1.165) is 12.0 Å². The Morgan fingerprint density at radius 1 is 1.08 bits per heavy atom. The number of carbonyl (C=O) groups excluding carboxylic acids is 3. The molecule has 1 aliphatic rings. The number of likely N-dealkylation sites (tertiary alicyclic amines) is 1. The summed E-state index contributed by atoms with van der Waals surface area (Å²) in [6.07, 6.45) is 3.88. The van der Waals surface area contributed by atoms with E-state index in [9.17, 15) is 19.5 Å². The molecule has 0 saturated carbocycles. The summed E-state index contributed by atoms with van der Waals surface area (Å²) in [7, 11) is 0. The van der Waals surface area contributed by atoms with Gasteiger partial charge in [-0.15, -0.1) is 0 Å². The van der Waals surface area contributed by atoms with Gasteiger partial charge in [-0.1, -0.05) is 25.1 Å². The van der Waals surface area contributed by atoms with E-state index < -0.39 is 23.7 Å². The van der Waals surface area contributed by atoms with E-state index in [-0.39, 0.29) is 24.0 Å². The lowest BCUT2D eigenvalue weighted by Gasteiger charge is -2.25. The highest BCUT2D eigenvalue weighted by Crippen LogP contribution is 2.40. The van der Waals surface area contributed by atoms with E-state index in [1.54, 1.807) is 67.0 Å². The quantitative estimate of drug-likeness (QED) is 0.172. The first-order chi connectivity index (χ1) is 18.7. The van der Waals surface area contributed by atoms with Crippen LogP contribution in [-0.4, -0.2) is 45.4 Å². The normalized spacial score (nSPS) is 16.5. The predicted molar refractivity (Wildman–Crippen MR) is 146 cm³/mol. The van der Waals surface area contributed by atoms with Gasteiger partial charge < -0.3 is 19.5 Å². The monoisotopic (exact) mass is 528 g/mol. The standard InChI is InChI=1S/C31H32N2O6/c1-5-15-38-31(37)22-10-8-21(9-11-22)18-33-27(24-7-6-14-32-17-24)26(29(35)30(33)36)28(34)23-12-13-25(20(4)16-23)39-19(2)3/h6-14,16-17,19,27,34H,5,15,18H2,1-4H3/b28-26-. The highest BCUT2D eigenvalue weighted by molar-refractivity contribution is 6.46. The van der Waals surface area contributed by atoms with E-state index in [2.05, 4.69) is 4.98 Å². The lowest BCUT2D eigenvalue weighted by Crippen LogP contribution is -2.29. The molecule has 1 saturated heterocycles. The lowest BCUT2D eigenvalue weighted by atomic mass is 9.95. The van der Waals surface area contributed by atoms with Gasteiger partial charge in [0.2, 0.25) is 0 Å². The maximum atomic E-state index is 13.3. The summed E-state index contributed by atoms with van der Waals surface area (Å²) >= 11 is 0. The molecule has 8 nitrogen and oxygen atoms in total. The summed E-state index contributed by atoms with van der Waals surface area (Å²) in [5.74, 6) is -1.51. The summed E-state index contributed by atoms with van der Waals surface area (Å²) in [4.78, 5) is 44.4. The Hall–Kier alpha value is -4.46. The van der Waals surface area contributed by atoms with E-state index in [4.69, 9.17) is 9.47 Å². The van der Waals surface area contributed by atoms with Gasteiger partial charge in [0.15, 0.2) is 0 Å². The van der Waals surface area contributed by atoms with Crippen LogP contribution in [-0.2, 0) is 20.9 Å². The van der Waals surface area contributed by atoms with E-state index >= 15 is 0 Å². The van der Waals surface area contributed by atoms with Crippen LogP contribution >= 0.6 is 0 Å². The molecule has 2 heterocycles. The molecule has 1 aliphatic heterocycles. The summed E-state index contributed by atoms with van der Waals surface area (Å²) in [6.45, 7) is 8.05. The van der Waals surface area contributed by atoms with Gasteiger partial charge in [0, 0.05) is 24.5 Å². The van der Waals surface area contributed by atoms with Crippen LogP contribution in [0.1, 0.15) is 65.8 Å². The Kier molecular flexibility index (Phi) is 8.44. The number of aryl methyl sites for hydroxylation is 1. The second-order valence-corrected chi connectivity index (χ2v) is 9.69. The number of aliphatic hydroxyl groups is 1. The van der Waals surface area contributed by atoms with Gasteiger partial charge in [0.05, 0.1) is 29.9 Å². The number of ether oxygens (including phenoxy) is 2. The SMILES string of the molecule is CCCOC(=O)c1ccc(CN2C(=O)C(=O)/C(=C(\O)c3ccc(OC(C)C)c(C)c3)C2c2cccnc2)cc1. The molecule has 0 aliphatic carbocycles. The van der Waals surface area contributed by atoms with Gasteiger partial charge in [-0.3, -0.25) is 14.6 Å². The number of benzene rings is 2. The number of aliphatic hydroxyl groups excluding tert-OH is 1. The second kappa shape index (κ2) is 11.9. The van der Waals surface area contributed by atoms with Crippen molar-refractivity contribution in [3.63, 3.8) is 0 Å². The third kappa shape index (κ3) is 6.00. The van der Waals surface area contributed by atoms with E-state index in [1.807, 2.05) is 27.7 Å². The number of rotatable bonds is 9. The summed E-state index contributed by atoms with van der Waals surface area (Å²) in [5, 5.41) is 11.4.